The third-order valence-electron chi connectivity index (χ3n) is 2.91. The monoisotopic (exact) mass is 268 g/mol. The van der Waals surface area contributed by atoms with E-state index < -0.39 is 11.4 Å². The van der Waals surface area contributed by atoms with Gasteiger partial charge in [0.15, 0.2) is 5.82 Å². The van der Waals surface area contributed by atoms with Gasteiger partial charge in [0, 0.05) is 0 Å². The van der Waals surface area contributed by atoms with Gasteiger partial charge in [0.2, 0.25) is 0 Å². The van der Waals surface area contributed by atoms with Crippen LogP contribution in [0.2, 0.25) is 0 Å². The first-order chi connectivity index (χ1) is 8.57. The molecule has 1 atom stereocenters. The number of rotatable bonds is 5. The molecular weight excluding hydrogens is 256 g/mol. The summed E-state index contributed by atoms with van der Waals surface area (Å²) < 4.78 is 5.22. The molecule has 0 fully saturated rings. The van der Waals surface area contributed by atoms with Crippen molar-refractivity contribution in [1.82, 2.24) is 29.8 Å². The van der Waals surface area contributed by atoms with Crippen LogP contribution in [0.4, 0.5) is 0 Å². The second-order valence-electron chi connectivity index (χ2n) is 4.16. The molecule has 0 aliphatic rings. The van der Waals surface area contributed by atoms with Crippen LogP contribution in [0, 0.1) is 5.41 Å². The summed E-state index contributed by atoms with van der Waals surface area (Å²) in [6, 6.07) is 0. The summed E-state index contributed by atoms with van der Waals surface area (Å²) in [4.78, 5) is 12.0. The lowest BCUT2D eigenvalue weighted by molar-refractivity contribution is -0.149. The van der Waals surface area contributed by atoms with Crippen molar-refractivity contribution in [2.45, 2.75) is 26.8 Å². The lowest BCUT2D eigenvalue weighted by Gasteiger charge is -2.22. The third-order valence-corrected chi connectivity index (χ3v) is 3.57. The number of aromatic nitrogens is 6. The highest BCUT2D eigenvalue weighted by molar-refractivity contribution is 7.09. The first kappa shape index (κ1) is 12.6. The largest absolute Gasteiger partial charge is 0.481 e. The maximum Gasteiger partial charge on any atom is 0.311 e. The van der Waals surface area contributed by atoms with Crippen molar-refractivity contribution in [3.63, 3.8) is 0 Å². The van der Waals surface area contributed by atoms with Gasteiger partial charge in [0.1, 0.15) is 4.88 Å². The summed E-state index contributed by atoms with van der Waals surface area (Å²) in [6.45, 7) is 3.71. The quantitative estimate of drug-likeness (QED) is 0.850. The molecule has 0 saturated carbocycles. The zero-order valence-electron chi connectivity index (χ0n) is 9.94. The predicted molar refractivity (Wildman–Crippen MR) is 62.8 cm³/mol. The summed E-state index contributed by atoms with van der Waals surface area (Å²) >= 11 is 1.16. The van der Waals surface area contributed by atoms with E-state index in [9.17, 15) is 9.90 Å². The SMILES string of the molecule is CCC(C)(Cn1nnnc1-c1cnns1)C(=O)O. The maximum atomic E-state index is 11.3. The Morgan fingerprint density at radius 1 is 1.61 bits per heavy atom. The highest BCUT2D eigenvalue weighted by atomic mass is 32.1. The fourth-order valence-corrected chi connectivity index (χ4v) is 1.92. The van der Waals surface area contributed by atoms with Crippen LogP contribution < -0.4 is 0 Å². The summed E-state index contributed by atoms with van der Waals surface area (Å²) in [5.74, 6) is -0.375. The lowest BCUT2D eigenvalue weighted by atomic mass is 9.88. The van der Waals surface area contributed by atoms with Crippen molar-refractivity contribution in [2.75, 3.05) is 0 Å². The molecule has 96 valence electrons. The summed E-state index contributed by atoms with van der Waals surface area (Å²) in [6.07, 6.45) is 2.04. The molecule has 8 nitrogen and oxygen atoms in total. The van der Waals surface area contributed by atoms with E-state index in [0.717, 1.165) is 11.5 Å². The molecule has 18 heavy (non-hydrogen) atoms. The van der Waals surface area contributed by atoms with E-state index in [1.165, 1.54) is 4.68 Å². The summed E-state index contributed by atoms with van der Waals surface area (Å²) in [7, 11) is 0. The van der Waals surface area contributed by atoms with Crippen molar-refractivity contribution in [2.24, 2.45) is 5.41 Å². The van der Waals surface area contributed by atoms with E-state index in [1.807, 2.05) is 6.92 Å². The highest BCUT2D eigenvalue weighted by Gasteiger charge is 2.33. The van der Waals surface area contributed by atoms with Crippen LogP contribution in [0.25, 0.3) is 10.7 Å². The molecule has 0 bridgehead atoms. The van der Waals surface area contributed by atoms with E-state index in [2.05, 4.69) is 25.1 Å². The molecule has 2 rings (SSSR count). The van der Waals surface area contributed by atoms with E-state index >= 15 is 0 Å². The van der Waals surface area contributed by atoms with Gasteiger partial charge >= 0.3 is 5.97 Å². The molecular formula is C9H12N6O2S. The Labute approximate surface area is 107 Å². The van der Waals surface area contributed by atoms with Gasteiger partial charge in [-0.2, -0.15) is 0 Å². The van der Waals surface area contributed by atoms with Gasteiger partial charge in [0.25, 0.3) is 0 Å². The van der Waals surface area contributed by atoms with Gasteiger partial charge in [-0.1, -0.05) is 11.4 Å². The number of tetrazole rings is 1. The zero-order chi connectivity index (χ0) is 13.2. The third kappa shape index (κ3) is 2.21. The number of nitrogens with zero attached hydrogens (tertiary/aromatic N) is 6. The number of aliphatic carboxylic acids is 1. The van der Waals surface area contributed by atoms with Crippen LogP contribution in [0.1, 0.15) is 20.3 Å². The molecule has 0 saturated heterocycles. The highest BCUT2D eigenvalue weighted by Crippen LogP contribution is 2.26. The van der Waals surface area contributed by atoms with Gasteiger partial charge in [-0.15, -0.1) is 10.2 Å². The van der Waals surface area contributed by atoms with Crippen molar-refractivity contribution in [3.8, 4) is 10.7 Å². The molecule has 0 spiro atoms. The Balaban J connectivity index is 2.31. The second kappa shape index (κ2) is 4.77. The average Bonchev–Trinajstić information content (AvgIpc) is 2.98. The molecule has 0 amide bonds. The minimum absolute atomic E-state index is 0.207. The molecule has 0 radical (unpaired) electrons. The van der Waals surface area contributed by atoms with Gasteiger partial charge in [-0.3, -0.25) is 4.79 Å². The smallest absolute Gasteiger partial charge is 0.311 e. The fourth-order valence-electron chi connectivity index (χ4n) is 1.41. The molecule has 2 aromatic rings. The Bertz CT molecular complexity index is 539. The van der Waals surface area contributed by atoms with Crippen LogP contribution in [-0.2, 0) is 11.3 Å². The van der Waals surface area contributed by atoms with Crippen molar-refractivity contribution < 1.29 is 9.90 Å². The normalized spacial score (nSPS) is 14.3. The summed E-state index contributed by atoms with van der Waals surface area (Å²) in [5, 5.41) is 24.2. The van der Waals surface area contributed by atoms with E-state index in [1.54, 1.807) is 13.1 Å². The molecule has 0 aliphatic heterocycles. The average molecular weight is 268 g/mol. The number of carboxylic acids is 1. The molecule has 1 unspecified atom stereocenters. The zero-order valence-corrected chi connectivity index (χ0v) is 10.8. The molecule has 2 heterocycles. The number of carbonyl (C=O) groups is 1. The van der Waals surface area contributed by atoms with Crippen molar-refractivity contribution in [1.29, 1.82) is 0 Å². The molecule has 9 heteroatoms. The van der Waals surface area contributed by atoms with Crippen molar-refractivity contribution >= 4 is 17.5 Å². The Kier molecular flexibility index (Phi) is 3.32. The van der Waals surface area contributed by atoms with Gasteiger partial charge in [0.05, 0.1) is 18.2 Å². The van der Waals surface area contributed by atoms with Crippen LogP contribution in [0.3, 0.4) is 0 Å². The topological polar surface area (TPSA) is 107 Å². The maximum absolute atomic E-state index is 11.3. The van der Waals surface area contributed by atoms with Crippen LogP contribution in [-0.4, -0.2) is 40.9 Å². The molecule has 0 aromatic carbocycles. The standard InChI is InChI=1S/C9H12N6O2S/c1-3-9(2,8(16)17)5-15-7(11-12-13-15)6-4-10-14-18-6/h4H,3,5H2,1-2H3,(H,16,17). The molecule has 1 N–H and O–H groups in total. The first-order valence-corrected chi connectivity index (χ1v) is 6.11. The minimum atomic E-state index is -0.901. The van der Waals surface area contributed by atoms with E-state index in [4.69, 9.17) is 0 Å². The molecule has 2 aromatic heterocycles. The summed E-state index contributed by atoms with van der Waals surface area (Å²) in [5.41, 5.74) is -0.901. The van der Waals surface area contributed by atoms with Gasteiger partial charge in [-0.25, -0.2) is 4.68 Å². The van der Waals surface area contributed by atoms with E-state index in [0.29, 0.717) is 17.1 Å². The predicted octanol–water partition coefficient (Wildman–Crippen LogP) is 0.692. The van der Waals surface area contributed by atoms with Crippen LogP contribution >= 0.6 is 11.5 Å². The number of hydrogen-bond acceptors (Lipinski definition) is 7. The first-order valence-electron chi connectivity index (χ1n) is 5.34. The minimum Gasteiger partial charge on any atom is -0.481 e. The second-order valence-corrected chi connectivity index (χ2v) is 4.95. The molecule has 0 aliphatic carbocycles. The fraction of sp³-hybridized carbons (Fsp3) is 0.556. The van der Waals surface area contributed by atoms with Gasteiger partial charge < -0.3 is 5.11 Å². The van der Waals surface area contributed by atoms with Crippen molar-refractivity contribution in [3.05, 3.63) is 6.20 Å². The number of hydrogen-bond donors (Lipinski definition) is 1. The van der Waals surface area contributed by atoms with Gasteiger partial charge in [-0.05, 0) is 35.3 Å². The lowest BCUT2D eigenvalue weighted by Crippen LogP contribution is -2.32. The number of carboxylic acid groups (broad SMARTS) is 1. The van der Waals surface area contributed by atoms with E-state index in [-0.39, 0.29) is 6.54 Å². The Morgan fingerprint density at radius 3 is 2.94 bits per heavy atom. The Hall–Kier alpha value is -1.90. The Morgan fingerprint density at radius 2 is 2.39 bits per heavy atom. The van der Waals surface area contributed by atoms with Crippen LogP contribution in [0.5, 0.6) is 0 Å². The van der Waals surface area contributed by atoms with Crippen LogP contribution in [0.15, 0.2) is 6.20 Å².